The maximum atomic E-state index is 13.2. The quantitative estimate of drug-likeness (QED) is 0.674. The molecule has 0 unspecified atom stereocenters. The predicted octanol–water partition coefficient (Wildman–Crippen LogP) is 3.34. The van der Waals surface area contributed by atoms with E-state index in [-0.39, 0.29) is 23.7 Å². The van der Waals surface area contributed by atoms with E-state index < -0.39 is 0 Å². The van der Waals surface area contributed by atoms with Crippen LogP contribution in [0.1, 0.15) is 43.0 Å². The Balaban J connectivity index is 1.80. The Labute approximate surface area is 160 Å². The first-order valence-corrected chi connectivity index (χ1v) is 9.51. The second-order valence-corrected chi connectivity index (χ2v) is 7.66. The lowest BCUT2D eigenvalue weighted by Crippen LogP contribution is -2.26. The number of thioether (sulfide) groups is 1. The van der Waals surface area contributed by atoms with Crippen LogP contribution in [0.4, 0.5) is 4.39 Å². The summed E-state index contributed by atoms with van der Waals surface area (Å²) < 4.78 is 20.1. The molecule has 0 aliphatic rings. The van der Waals surface area contributed by atoms with Crippen LogP contribution in [0.2, 0.25) is 0 Å². The molecule has 142 valence electrons. The summed E-state index contributed by atoms with van der Waals surface area (Å²) in [5, 5.41) is 7.29. The van der Waals surface area contributed by atoms with Crippen molar-refractivity contribution in [2.45, 2.75) is 37.9 Å². The van der Waals surface area contributed by atoms with E-state index in [1.807, 2.05) is 27.0 Å². The Hall–Kier alpha value is -2.68. The molecule has 27 heavy (non-hydrogen) atoms. The molecule has 7 nitrogen and oxygen atoms in total. The van der Waals surface area contributed by atoms with Crippen LogP contribution in [0, 0.1) is 5.82 Å². The van der Waals surface area contributed by atoms with Gasteiger partial charge in [0.2, 0.25) is 5.89 Å². The van der Waals surface area contributed by atoms with Crippen molar-refractivity contribution in [1.29, 1.82) is 0 Å². The molecule has 1 aromatic carbocycles. The molecule has 0 saturated carbocycles. The van der Waals surface area contributed by atoms with Crippen LogP contribution in [0.25, 0.3) is 5.69 Å². The van der Waals surface area contributed by atoms with E-state index in [1.54, 1.807) is 16.7 Å². The topological polar surface area (TPSA) is 85.8 Å². The molecule has 0 atom stereocenters. The average molecular weight is 389 g/mol. The van der Waals surface area contributed by atoms with Gasteiger partial charge < -0.3 is 9.84 Å². The van der Waals surface area contributed by atoms with E-state index in [2.05, 4.69) is 20.4 Å². The number of carbonyl (C=O) groups excluding carboxylic acids is 1. The van der Waals surface area contributed by atoms with Crippen LogP contribution in [0.5, 0.6) is 0 Å². The smallest absolute Gasteiger partial charge is 0.270 e. The highest BCUT2D eigenvalue weighted by Crippen LogP contribution is 2.22. The van der Waals surface area contributed by atoms with E-state index in [4.69, 9.17) is 4.52 Å². The summed E-state index contributed by atoms with van der Waals surface area (Å²) in [6, 6.07) is 5.88. The molecule has 9 heteroatoms. The van der Waals surface area contributed by atoms with Gasteiger partial charge in [0.1, 0.15) is 11.5 Å². The molecule has 0 saturated heterocycles. The molecule has 1 N–H and O–H groups in total. The van der Waals surface area contributed by atoms with Gasteiger partial charge in [-0.25, -0.2) is 9.37 Å². The second kappa shape index (κ2) is 7.51. The zero-order valence-corrected chi connectivity index (χ0v) is 16.3. The summed E-state index contributed by atoms with van der Waals surface area (Å²) in [7, 11) is 0. The minimum atomic E-state index is -0.345. The monoisotopic (exact) mass is 389 g/mol. The van der Waals surface area contributed by atoms with Gasteiger partial charge >= 0.3 is 0 Å². The van der Waals surface area contributed by atoms with Gasteiger partial charge in [0.15, 0.2) is 11.0 Å². The van der Waals surface area contributed by atoms with Crippen molar-refractivity contribution in [3.63, 3.8) is 0 Å². The van der Waals surface area contributed by atoms with Crippen LogP contribution >= 0.6 is 11.8 Å². The van der Waals surface area contributed by atoms with Gasteiger partial charge in [-0.3, -0.25) is 9.36 Å². The summed E-state index contributed by atoms with van der Waals surface area (Å²) in [5.41, 5.74) is 0.729. The maximum Gasteiger partial charge on any atom is 0.270 e. The van der Waals surface area contributed by atoms with Gasteiger partial charge in [-0.2, -0.15) is 4.98 Å². The van der Waals surface area contributed by atoms with Gasteiger partial charge in [0.05, 0.1) is 12.7 Å². The van der Waals surface area contributed by atoms with Gasteiger partial charge in [-0.1, -0.05) is 37.7 Å². The number of benzene rings is 1. The number of rotatable bonds is 5. The molecular weight excluding hydrogens is 369 g/mol. The lowest BCUT2D eigenvalue weighted by Gasteiger charge is -2.11. The largest absolute Gasteiger partial charge is 0.343 e. The Morgan fingerprint density at radius 3 is 2.59 bits per heavy atom. The Morgan fingerprint density at radius 2 is 2.00 bits per heavy atom. The third kappa shape index (κ3) is 4.19. The third-order valence-corrected chi connectivity index (χ3v) is 4.40. The first-order chi connectivity index (χ1) is 12.8. The average Bonchev–Trinajstić information content (AvgIpc) is 3.27. The van der Waals surface area contributed by atoms with Crippen molar-refractivity contribution in [2.75, 3.05) is 6.26 Å². The Bertz CT molecular complexity index is 944. The summed E-state index contributed by atoms with van der Waals surface area (Å²) in [6.07, 6.45) is 3.35. The Morgan fingerprint density at radius 1 is 1.30 bits per heavy atom. The summed E-state index contributed by atoms with van der Waals surface area (Å²) in [5.74, 6) is 0.218. The van der Waals surface area contributed by atoms with Gasteiger partial charge in [-0.15, -0.1) is 0 Å². The maximum absolute atomic E-state index is 13.2. The third-order valence-electron chi connectivity index (χ3n) is 3.75. The molecule has 2 aromatic heterocycles. The first-order valence-electron chi connectivity index (χ1n) is 8.28. The normalized spacial score (nSPS) is 11.6. The van der Waals surface area contributed by atoms with Crippen molar-refractivity contribution < 1.29 is 13.7 Å². The molecule has 0 aliphatic heterocycles. The predicted molar refractivity (Wildman–Crippen MR) is 99.5 cm³/mol. The van der Waals surface area contributed by atoms with E-state index in [1.165, 1.54) is 30.1 Å². The second-order valence-electron chi connectivity index (χ2n) is 6.89. The molecule has 1 amide bonds. The number of imidazole rings is 1. The van der Waals surface area contributed by atoms with Crippen LogP contribution in [-0.2, 0) is 12.0 Å². The molecule has 0 aliphatic carbocycles. The lowest BCUT2D eigenvalue weighted by atomic mass is 9.97. The van der Waals surface area contributed by atoms with Crippen LogP contribution in [0.15, 0.2) is 40.1 Å². The van der Waals surface area contributed by atoms with Gasteiger partial charge in [-0.05, 0) is 30.5 Å². The first kappa shape index (κ1) is 19.1. The highest BCUT2D eigenvalue weighted by molar-refractivity contribution is 7.98. The van der Waals surface area contributed by atoms with Crippen LogP contribution < -0.4 is 5.32 Å². The number of nitrogens with one attached hydrogen (secondary N) is 1. The number of carbonyl (C=O) groups is 1. The van der Waals surface area contributed by atoms with E-state index in [0.29, 0.717) is 28.3 Å². The standard InChI is InChI=1S/C18H20FN5O2S/c1-18(2,3)16-22-14(23-26-16)10-20-15(25)13-9-21-17(27-4)24(13)12-7-5-11(19)6-8-12/h5-9H,10H2,1-4H3,(H,20,25). The highest BCUT2D eigenvalue weighted by atomic mass is 32.2. The molecule has 0 radical (unpaired) electrons. The van der Waals surface area contributed by atoms with Crippen molar-refractivity contribution in [3.8, 4) is 5.69 Å². The highest BCUT2D eigenvalue weighted by Gasteiger charge is 2.22. The van der Waals surface area contributed by atoms with Crippen molar-refractivity contribution in [1.82, 2.24) is 25.0 Å². The van der Waals surface area contributed by atoms with E-state index in [9.17, 15) is 9.18 Å². The molecular formula is C18H20FN5O2S. The fourth-order valence-corrected chi connectivity index (χ4v) is 2.90. The molecule has 3 aromatic rings. The number of halogens is 1. The molecule has 0 spiro atoms. The number of amides is 1. The van der Waals surface area contributed by atoms with Crippen molar-refractivity contribution in [3.05, 3.63) is 53.7 Å². The molecule has 3 rings (SSSR count). The lowest BCUT2D eigenvalue weighted by molar-refractivity contribution is 0.0942. The summed E-state index contributed by atoms with van der Waals surface area (Å²) in [4.78, 5) is 21.2. The molecule has 0 fully saturated rings. The van der Waals surface area contributed by atoms with Crippen molar-refractivity contribution >= 4 is 17.7 Å². The minimum Gasteiger partial charge on any atom is -0.343 e. The van der Waals surface area contributed by atoms with Crippen LogP contribution in [-0.4, -0.2) is 31.9 Å². The zero-order chi connectivity index (χ0) is 19.6. The van der Waals surface area contributed by atoms with Crippen molar-refractivity contribution in [2.24, 2.45) is 0 Å². The van der Waals surface area contributed by atoms with Crippen LogP contribution in [0.3, 0.4) is 0 Å². The SMILES string of the molecule is CSc1ncc(C(=O)NCc2noc(C(C)(C)C)n2)n1-c1ccc(F)cc1. The molecule has 0 bridgehead atoms. The summed E-state index contributed by atoms with van der Waals surface area (Å²) >= 11 is 1.39. The number of nitrogens with zero attached hydrogens (tertiary/aromatic N) is 4. The fourth-order valence-electron chi connectivity index (χ4n) is 2.36. The fraction of sp³-hybridized carbons (Fsp3) is 0.333. The van der Waals surface area contributed by atoms with E-state index >= 15 is 0 Å². The minimum absolute atomic E-state index is 0.127. The number of aromatic nitrogens is 4. The zero-order valence-electron chi connectivity index (χ0n) is 15.5. The Kier molecular flexibility index (Phi) is 5.31. The summed E-state index contributed by atoms with van der Waals surface area (Å²) in [6.45, 7) is 6.03. The molecule has 2 heterocycles. The van der Waals surface area contributed by atoms with E-state index in [0.717, 1.165) is 0 Å². The number of hydrogen-bond acceptors (Lipinski definition) is 6. The van der Waals surface area contributed by atoms with Gasteiger partial charge in [0.25, 0.3) is 5.91 Å². The van der Waals surface area contributed by atoms with Gasteiger partial charge in [0, 0.05) is 11.1 Å². The number of hydrogen-bond donors (Lipinski definition) is 1.